The molecule has 1 aliphatic rings. The van der Waals surface area contributed by atoms with Gasteiger partial charge in [-0.05, 0) is 19.4 Å². The summed E-state index contributed by atoms with van der Waals surface area (Å²) in [6, 6.07) is 2.24. The number of hydrogen-bond acceptors (Lipinski definition) is 6. The summed E-state index contributed by atoms with van der Waals surface area (Å²) in [6.07, 6.45) is 1.05. The number of piperazine rings is 1. The van der Waals surface area contributed by atoms with Gasteiger partial charge in [0.05, 0.1) is 12.0 Å². The van der Waals surface area contributed by atoms with Gasteiger partial charge in [-0.15, -0.1) is 11.3 Å². The molecule has 0 saturated carbocycles. The maximum absolute atomic E-state index is 9.03. The molecule has 1 N–H and O–H groups in total. The van der Waals surface area contributed by atoms with E-state index in [4.69, 9.17) is 10.1 Å². The van der Waals surface area contributed by atoms with E-state index in [2.05, 4.69) is 27.8 Å². The summed E-state index contributed by atoms with van der Waals surface area (Å²) >= 11 is 1.78. The van der Waals surface area contributed by atoms with Gasteiger partial charge in [0.25, 0.3) is 0 Å². The van der Waals surface area contributed by atoms with Crippen molar-refractivity contribution in [2.45, 2.75) is 20.3 Å². The summed E-state index contributed by atoms with van der Waals surface area (Å²) in [5, 5.41) is 10.2. The average Bonchev–Trinajstić information content (AvgIpc) is 2.90. The monoisotopic (exact) mass is 306 g/mol. The van der Waals surface area contributed by atoms with Crippen LogP contribution in [-0.4, -0.2) is 59.3 Å². The lowest BCUT2D eigenvalue weighted by Gasteiger charge is -2.35. The molecule has 0 aromatic carbocycles. The first kappa shape index (κ1) is 14.7. The highest BCUT2D eigenvalue weighted by Crippen LogP contribution is 2.31. The fraction of sp³-hybridized carbons (Fsp3) is 0.600. The number of nitrogens with zero attached hydrogens (tertiary/aromatic N) is 4. The zero-order valence-electron chi connectivity index (χ0n) is 12.7. The summed E-state index contributed by atoms with van der Waals surface area (Å²) in [5.74, 6) is 1.93. The number of anilines is 1. The Kier molecular flexibility index (Phi) is 4.37. The molecule has 2 aromatic rings. The number of thiophene rings is 1. The van der Waals surface area contributed by atoms with Crippen molar-refractivity contribution >= 4 is 27.4 Å². The van der Waals surface area contributed by atoms with E-state index >= 15 is 0 Å². The third-order valence-electron chi connectivity index (χ3n) is 3.97. The lowest BCUT2D eigenvalue weighted by Crippen LogP contribution is -2.47. The van der Waals surface area contributed by atoms with E-state index in [-0.39, 0.29) is 6.61 Å². The van der Waals surface area contributed by atoms with Crippen molar-refractivity contribution in [3.8, 4) is 0 Å². The fourth-order valence-electron chi connectivity index (χ4n) is 2.80. The number of β-amino-alcohol motifs (C(OH)–C–C–N with tert-alkyl or cyclic N) is 1. The predicted octanol–water partition coefficient (Wildman–Crippen LogP) is 1.68. The first-order valence-electron chi connectivity index (χ1n) is 7.56. The SMILES string of the molecule is CCc1cc2c(N3CCN(CCO)CC3)nc(C)nc2s1. The molecule has 0 radical (unpaired) electrons. The molecule has 0 atom stereocenters. The van der Waals surface area contributed by atoms with Crippen molar-refractivity contribution in [3.05, 3.63) is 16.8 Å². The Morgan fingerprint density at radius 1 is 1.24 bits per heavy atom. The minimum absolute atomic E-state index is 0.237. The summed E-state index contributed by atoms with van der Waals surface area (Å²) in [6.45, 7) is 9.04. The summed E-state index contributed by atoms with van der Waals surface area (Å²) in [4.78, 5) is 16.4. The minimum Gasteiger partial charge on any atom is -0.395 e. The third kappa shape index (κ3) is 3.02. The molecule has 114 valence electrons. The van der Waals surface area contributed by atoms with Crippen LogP contribution in [0.1, 0.15) is 17.6 Å². The molecule has 6 heteroatoms. The largest absolute Gasteiger partial charge is 0.395 e. The van der Waals surface area contributed by atoms with Gasteiger partial charge in [-0.1, -0.05) is 6.92 Å². The van der Waals surface area contributed by atoms with Gasteiger partial charge in [0.2, 0.25) is 0 Å². The van der Waals surface area contributed by atoms with E-state index in [1.165, 1.54) is 10.3 Å². The maximum atomic E-state index is 9.03. The molecule has 3 rings (SSSR count). The number of fused-ring (bicyclic) bond motifs is 1. The molecule has 21 heavy (non-hydrogen) atoms. The number of aliphatic hydroxyl groups excluding tert-OH is 1. The van der Waals surface area contributed by atoms with Crippen LogP contribution in [0.15, 0.2) is 6.07 Å². The van der Waals surface area contributed by atoms with E-state index in [0.29, 0.717) is 0 Å². The van der Waals surface area contributed by atoms with E-state index in [9.17, 15) is 0 Å². The van der Waals surface area contributed by atoms with Gasteiger partial charge in [0.15, 0.2) is 0 Å². The average molecular weight is 306 g/mol. The number of aromatic nitrogens is 2. The zero-order chi connectivity index (χ0) is 14.8. The van der Waals surface area contributed by atoms with Gasteiger partial charge in [-0.2, -0.15) is 0 Å². The molecule has 0 bridgehead atoms. The minimum atomic E-state index is 0.237. The first-order valence-corrected chi connectivity index (χ1v) is 8.38. The number of rotatable bonds is 4. The zero-order valence-corrected chi connectivity index (χ0v) is 13.5. The van der Waals surface area contributed by atoms with Crippen molar-refractivity contribution in [1.29, 1.82) is 0 Å². The number of aryl methyl sites for hydroxylation is 2. The molecule has 1 saturated heterocycles. The summed E-state index contributed by atoms with van der Waals surface area (Å²) < 4.78 is 0. The van der Waals surface area contributed by atoms with Crippen LogP contribution in [0.5, 0.6) is 0 Å². The molecule has 1 aliphatic heterocycles. The van der Waals surface area contributed by atoms with Crippen LogP contribution >= 0.6 is 11.3 Å². The summed E-state index contributed by atoms with van der Waals surface area (Å²) in [5.41, 5.74) is 0. The van der Waals surface area contributed by atoms with Gasteiger partial charge in [-0.25, -0.2) is 9.97 Å². The molecule has 3 heterocycles. The lowest BCUT2D eigenvalue weighted by atomic mass is 10.2. The molecule has 5 nitrogen and oxygen atoms in total. The second kappa shape index (κ2) is 6.25. The number of aliphatic hydroxyl groups is 1. The van der Waals surface area contributed by atoms with Gasteiger partial charge >= 0.3 is 0 Å². The van der Waals surface area contributed by atoms with E-state index in [0.717, 1.165) is 55.6 Å². The second-order valence-electron chi connectivity index (χ2n) is 5.43. The first-order chi connectivity index (χ1) is 10.2. The predicted molar refractivity (Wildman–Crippen MR) is 87.3 cm³/mol. The smallest absolute Gasteiger partial charge is 0.141 e. The highest BCUT2D eigenvalue weighted by atomic mass is 32.1. The molecular formula is C15H22N4OS. The van der Waals surface area contributed by atoms with Crippen LogP contribution in [-0.2, 0) is 6.42 Å². The van der Waals surface area contributed by atoms with E-state index < -0.39 is 0 Å². The molecule has 0 unspecified atom stereocenters. The van der Waals surface area contributed by atoms with Crippen molar-refractivity contribution in [2.75, 3.05) is 44.2 Å². The van der Waals surface area contributed by atoms with Crippen LogP contribution in [0.4, 0.5) is 5.82 Å². The van der Waals surface area contributed by atoms with Crippen molar-refractivity contribution in [3.63, 3.8) is 0 Å². The van der Waals surface area contributed by atoms with E-state index in [1.807, 2.05) is 6.92 Å². The Morgan fingerprint density at radius 2 is 2.00 bits per heavy atom. The molecule has 2 aromatic heterocycles. The molecule has 0 amide bonds. The molecule has 1 fully saturated rings. The molecule has 0 aliphatic carbocycles. The highest BCUT2D eigenvalue weighted by molar-refractivity contribution is 7.18. The Bertz CT molecular complexity index is 619. The van der Waals surface area contributed by atoms with E-state index in [1.54, 1.807) is 11.3 Å². The van der Waals surface area contributed by atoms with Gasteiger partial charge in [-0.3, -0.25) is 4.90 Å². The second-order valence-corrected chi connectivity index (χ2v) is 6.55. The van der Waals surface area contributed by atoms with Crippen molar-refractivity contribution < 1.29 is 5.11 Å². The highest BCUT2D eigenvalue weighted by Gasteiger charge is 2.21. The Labute approximate surface area is 129 Å². The maximum Gasteiger partial charge on any atom is 0.141 e. The molecular weight excluding hydrogens is 284 g/mol. The fourth-order valence-corrected chi connectivity index (χ4v) is 3.81. The number of hydrogen-bond donors (Lipinski definition) is 1. The van der Waals surface area contributed by atoms with Crippen molar-refractivity contribution in [1.82, 2.24) is 14.9 Å². The Hall–Kier alpha value is -1.24. The summed E-state index contributed by atoms with van der Waals surface area (Å²) in [7, 11) is 0. The topological polar surface area (TPSA) is 52.5 Å². The lowest BCUT2D eigenvalue weighted by molar-refractivity contribution is 0.188. The van der Waals surface area contributed by atoms with Crippen molar-refractivity contribution in [2.24, 2.45) is 0 Å². The van der Waals surface area contributed by atoms with Crippen LogP contribution in [0.3, 0.4) is 0 Å². The van der Waals surface area contributed by atoms with Crippen LogP contribution < -0.4 is 4.90 Å². The van der Waals surface area contributed by atoms with Gasteiger partial charge < -0.3 is 10.0 Å². The standard InChI is InChI=1S/C15H22N4OS/c1-3-12-10-13-14(16-11(2)17-15(13)21-12)19-6-4-18(5-7-19)8-9-20/h10,20H,3-9H2,1-2H3. The normalized spacial score (nSPS) is 16.8. The van der Waals surface area contributed by atoms with Crippen LogP contribution in [0.25, 0.3) is 10.2 Å². The van der Waals surface area contributed by atoms with Crippen LogP contribution in [0, 0.1) is 6.92 Å². The third-order valence-corrected chi connectivity index (χ3v) is 5.15. The van der Waals surface area contributed by atoms with Gasteiger partial charge in [0, 0.05) is 37.6 Å². The van der Waals surface area contributed by atoms with Gasteiger partial charge in [0.1, 0.15) is 16.5 Å². The Balaban J connectivity index is 1.88. The van der Waals surface area contributed by atoms with Crippen LogP contribution in [0.2, 0.25) is 0 Å². The molecule has 0 spiro atoms. The quantitative estimate of drug-likeness (QED) is 0.931. The Morgan fingerprint density at radius 3 is 2.67 bits per heavy atom.